The normalized spacial score (nSPS) is 17.1. The Morgan fingerprint density at radius 1 is 0.450 bits per heavy atom. The van der Waals surface area contributed by atoms with E-state index in [9.17, 15) is 9.59 Å². The molecule has 1 heterocycles. The predicted octanol–water partition coefficient (Wildman–Crippen LogP) is 11.4. The van der Waals surface area contributed by atoms with E-state index in [0.717, 1.165) is 25.7 Å². The summed E-state index contributed by atoms with van der Waals surface area (Å²) >= 11 is 0. The van der Waals surface area contributed by atoms with E-state index in [4.69, 9.17) is 9.47 Å². The van der Waals surface area contributed by atoms with Crippen LogP contribution in [-0.2, 0) is 19.1 Å². The Morgan fingerprint density at radius 2 is 0.700 bits per heavy atom. The minimum Gasteiger partial charge on any atom is -0.457 e. The van der Waals surface area contributed by atoms with Gasteiger partial charge in [-0.05, 0) is 12.8 Å². The number of rotatable bonds is 28. The third kappa shape index (κ3) is 23.2. The van der Waals surface area contributed by atoms with Crippen LogP contribution in [0.4, 0.5) is 0 Å². The molecule has 40 heavy (non-hydrogen) atoms. The molecule has 0 aromatic carbocycles. The van der Waals surface area contributed by atoms with E-state index in [1.54, 1.807) is 21.6 Å². The molecule has 2 atom stereocenters. The molecule has 0 spiro atoms. The quantitative estimate of drug-likeness (QED) is 0.0506. The van der Waals surface area contributed by atoms with E-state index in [1.165, 1.54) is 128 Å². The van der Waals surface area contributed by atoms with E-state index < -0.39 is 0 Å². The highest BCUT2D eigenvalue weighted by Gasteiger charge is 2.32. The highest BCUT2D eigenvalue weighted by atomic mass is 33.1. The third-order valence-corrected chi connectivity index (χ3v) is 10.4. The second-order valence-corrected chi connectivity index (χ2v) is 14.5. The van der Waals surface area contributed by atoms with Crippen molar-refractivity contribution in [1.29, 1.82) is 0 Å². The van der Waals surface area contributed by atoms with Gasteiger partial charge >= 0.3 is 11.9 Å². The first-order chi connectivity index (χ1) is 19.7. The lowest BCUT2D eigenvalue weighted by atomic mass is 10.0. The fourth-order valence-corrected chi connectivity index (χ4v) is 7.75. The van der Waals surface area contributed by atoms with Gasteiger partial charge in [0.2, 0.25) is 0 Å². The molecule has 0 aliphatic carbocycles. The molecule has 0 aromatic rings. The van der Waals surface area contributed by atoms with E-state index in [1.807, 2.05) is 0 Å². The fourth-order valence-electron chi connectivity index (χ4n) is 5.34. The van der Waals surface area contributed by atoms with Crippen molar-refractivity contribution < 1.29 is 19.1 Å². The molecule has 0 saturated carbocycles. The molecule has 236 valence electrons. The van der Waals surface area contributed by atoms with Gasteiger partial charge in [0.05, 0.1) is 0 Å². The van der Waals surface area contributed by atoms with Crippen molar-refractivity contribution in [2.24, 2.45) is 0 Å². The number of carbonyl (C=O) groups is 2. The van der Waals surface area contributed by atoms with Crippen molar-refractivity contribution in [3.05, 3.63) is 0 Å². The Kier molecular flexibility index (Phi) is 27.1. The second-order valence-electron chi connectivity index (χ2n) is 11.9. The van der Waals surface area contributed by atoms with Crippen LogP contribution in [-0.4, -0.2) is 35.7 Å². The molecule has 4 nitrogen and oxygen atoms in total. The van der Waals surface area contributed by atoms with Gasteiger partial charge < -0.3 is 9.47 Å². The first-order valence-electron chi connectivity index (χ1n) is 17.3. The molecular formula is C34H64O4S2. The summed E-state index contributed by atoms with van der Waals surface area (Å²) in [5.41, 5.74) is 0. The van der Waals surface area contributed by atoms with Crippen LogP contribution < -0.4 is 0 Å². The van der Waals surface area contributed by atoms with Crippen molar-refractivity contribution >= 4 is 33.5 Å². The first kappa shape index (κ1) is 37.7. The molecule has 1 aliphatic rings. The summed E-state index contributed by atoms with van der Waals surface area (Å²) in [6.07, 6.45) is 31.2. The first-order valence-corrected chi connectivity index (χ1v) is 19.8. The van der Waals surface area contributed by atoms with Gasteiger partial charge in [0.15, 0.2) is 0 Å². The summed E-state index contributed by atoms with van der Waals surface area (Å²) in [6, 6.07) is 0. The third-order valence-electron chi connectivity index (χ3n) is 8.00. The van der Waals surface area contributed by atoms with Crippen LogP contribution in [0.15, 0.2) is 0 Å². The minimum absolute atomic E-state index is 0.133. The van der Waals surface area contributed by atoms with Crippen molar-refractivity contribution in [1.82, 2.24) is 0 Å². The number of unbranched alkanes of at least 4 members (excludes halogenated alkanes) is 22. The second kappa shape index (κ2) is 28.7. The summed E-state index contributed by atoms with van der Waals surface area (Å²) in [7, 11) is 3.42. The highest BCUT2D eigenvalue weighted by molar-refractivity contribution is 8.76. The Balaban J connectivity index is 2.02. The monoisotopic (exact) mass is 600 g/mol. The van der Waals surface area contributed by atoms with Crippen LogP contribution >= 0.6 is 21.6 Å². The topological polar surface area (TPSA) is 52.6 Å². The Labute approximate surface area is 256 Å². The summed E-state index contributed by atoms with van der Waals surface area (Å²) in [5, 5.41) is 0. The zero-order valence-electron chi connectivity index (χ0n) is 26.4. The van der Waals surface area contributed by atoms with Gasteiger partial charge in [-0.3, -0.25) is 9.59 Å². The molecule has 1 aliphatic heterocycles. The number of carbonyl (C=O) groups excluding carboxylic acids is 2. The van der Waals surface area contributed by atoms with Crippen molar-refractivity contribution in [2.75, 3.05) is 11.5 Å². The van der Waals surface area contributed by atoms with Gasteiger partial charge in [-0.2, -0.15) is 0 Å². The maximum absolute atomic E-state index is 12.4. The Bertz CT molecular complexity index is 536. The lowest BCUT2D eigenvalue weighted by Gasteiger charge is -2.29. The van der Waals surface area contributed by atoms with Gasteiger partial charge in [-0.1, -0.05) is 177 Å². The molecule has 2 unspecified atom stereocenters. The van der Waals surface area contributed by atoms with Crippen molar-refractivity contribution in [3.8, 4) is 0 Å². The zero-order valence-corrected chi connectivity index (χ0v) is 28.0. The summed E-state index contributed by atoms with van der Waals surface area (Å²) in [4.78, 5) is 24.9. The lowest BCUT2D eigenvalue weighted by Crippen LogP contribution is -2.40. The molecule has 1 fully saturated rings. The van der Waals surface area contributed by atoms with E-state index in [2.05, 4.69) is 13.8 Å². The molecule has 0 amide bonds. The number of ether oxygens (including phenoxy) is 2. The smallest absolute Gasteiger partial charge is 0.306 e. The average Bonchev–Trinajstić information content (AvgIpc) is 2.95. The van der Waals surface area contributed by atoms with Crippen molar-refractivity contribution in [3.63, 3.8) is 0 Å². The maximum atomic E-state index is 12.4. The largest absolute Gasteiger partial charge is 0.457 e. The van der Waals surface area contributed by atoms with Gasteiger partial charge in [0.25, 0.3) is 0 Å². The van der Waals surface area contributed by atoms with Gasteiger partial charge in [-0.25, -0.2) is 0 Å². The number of esters is 2. The number of hydrogen-bond acceptors (Lipinski definition) is 6. The standard InChI is InChI=1S/C34H64O4S2/c1-3-5-7-9-11-13-15-17-19-21-23-25-27-33(35)37-31-29-39-40-30-32(31)38-34(36)28-26-24-22-20-18-16-14-12-10-8-6-4-2/h31-32H,3-30H2,1-2H3. The van der Waals surface area contributed by atoms with Gasteiger partial charge in [-0.15, -0.1) is 0 Å². The van der Waals surface area contributed by atoms with E-state index >= 15 is 0 Å². The van der Waals surface area contributed by atoms with Crippen LogP contribution in [0.25, 0.3) is 0 Å². The van der Waals surface area contributed by atoms with Crippen LogP contribution in [0.1, 0.15) is 181 Å². The highest BCUT2D eigenvalue weighted by Crippen LogP contribution is 2.33. The van der Waals surface area contributed by atoms with Crippen LogP contribution in [0.2, 0.25) is 0 Å². The summed E-state index contributed by atoms with van der Waals surface area (Å²) < 4.78 is 11.5. The van der Waals surface area contributed by atoms with Crippen molar-refractivity contribution in [2.45, 2.75) is 193 Å². The maximum Gasteiger partial charge on any atom is 0.306 e. The predicted molar refractivity (Wildman–Crippen MR) is 176 cm³/mol. The SMILES string of the molecule is CCCCCCCCCCCCCCC(=O)OC1CSSCC1OC(=O)CCCCCCCCCCCCCC. The van der Waals surface area contributed by atoms with Gasteiger partial charge in [0.1, 0.15) is 12.2 Å². The molecular weight excluding hydrogens is 537 g/mol. The molecule has 0 N–H and O–H groups in total. The Hall–Kier alpha value is -0.360. The number of hydrogen-bond donors (Lipinski definition) is 0. The molecule has 0 aromatic heterocycles. The molecule has 6 heteroatoms. The zero-order chi connectivity index (χ0) is 28.9. The van der Waals surface area contributed by atoms with Crippen LogP contribution in [0.3, 0.4) is 0 Å². The molecule has 0 bridgehead atoms. The summed E-state index contributed by atoms with van der Waals surface area (Å²) in [5.74, 6) is 1.13. The van der Waals surface area contributed by atoms with E-state index in [0.29, 0.717) is 24.3 Å². The van der Waals surface area contributed by atoms with E-state index in [-0.39, 0.29) is 24.1 Å². The minimum atomic E-state index is -0.304. The Morgan fingerprint density at radius 3 is 0.975 bits per heavy atom. The van der Waals surface area contributed by atoms with Gasteiger partial charge in [0, 0.05) is 24.3 Å². The molecule has 1 rings (SSSR count). The van der Waals surface area contributed by atoms with Crippen LogP contribution in [0, 0.1) is 0 Å². The summed E-state index contributed by atoms with van der Waals surface area (Å²) in [6.45, 7) is 4.53. The van der Waals surface area contributed by atoms with Crippen LogP contribution in [0.5, 0.6) is 0 Å². The molecule has 1 saturated heterocycles. The fraction of sp³-hybridized carbons (Fsp3) is 0.941. The average molecular weight is 601 g/mol. The lowest BCUT2D eigenvalue weighted by molar-refractivity contribution is -0.164. The molecule has 0 radical (unpaired) electrons.